The monoisotopic (exact) mass is 436 g/mol. The Bertz CT molecular complexity index is 918. The van der Waals surface area contributed by atoms with Gasteiger partial charge in [0.2, 0.25) is 5.91 Å². The predicted octanol–water partition coefficient (Wildman–Crippen LogP) is 3.81. The van der Waals surface area contributed by atoms with Crippen molar-refractivity contribution >= 4 is 27.3 Å². The summed E-state index contributed by atoms with van der Waals surface area (Å²) in [5, 5.41) is 4.83. The third kappa shape index (κ3) is 5.38. The van der Waals surface area contributed by atoms with Gasteiger partial charge in [-0.05, 0) is 62.8 Å². The molecule has 0 saturated carbocycles. The van der Waals surface area contributed by atoms with Crippen LogP contribution in [0.5, 0.6) is 5.75 Å². The van der Waals surface area contributed by atoms with Crippen molar-refractivity contribution in [3.05, 3.63) is 47.3 Å². The largest absolute Gasteiger partial charge is 0.491 e. The molecule has 1 saturated heterocycles. The molecule has 2 heterocycles. The Hall–Kier alpha value is -1.90. The van der Waals surface area contributed by atoms with Crippen LogP contribution in [-0.2, 0) is 14.8 Å². The van der Waals surface area contributed by atoms with E-state index < -0.39 is 10.0 Å². The Labute approximate surface area is 176 Å². The smallest absolute Gasteiger partial charge is 0.252 e. The number of thiophene rings is 1. The molecule has 29 heavy (non-hydrogen) atoms. The molecule has 1 amide bonds. The standard InChI is InChI=1S/C21H28N2O4S2/c1-15(2)27-19-7-4-6-18(14-19)16(3)22-21(24)17-9-11-23(12-10-17)29(25,26)20-8-5-13-28-20/h4-8,13-17H,9-12H2,1-3H3,(H,22,24). The minimum absolute atomic E-state index is 0.0270. The van der Waals surface area contributed by atoms with Crippen LogP contribution in [0.1, 0.15) is 45.2 Å². The first-order valence-corrected chi connectivity index (χ1v) is 12.2. The molecule has 158 valence electrons. The number of carbonyl (C=O) groups is 1. The van der Waals surface area contributed by atoms with E-state index in [0.29, 0.717) is 30.1 Å². The first-order chi connectivity index (χ1) is 13.8. The van der Waals surface area contributed by atoms with Gasteiger partial charge in [-0.25, -0.2) is 8.42 Å². The molecule has 0 aliphatic carbocycles. The molecule has 0 radical (unpaired) electrons. The summed E-state index contributed by atoms with van der Waals surface area (Å²) < 4.78 is 32.8. The zero-order chi connectivity index (χ0) is 21.0. The lowest BCUT2D eigenvalue weighted by molar-refractivity contribution is -0.126. The lowest BCUT2D eigenvalue weighted by Crippen LogP contribution is -2.43. The second-order valence-electron chi connectivity index (χ2n) is 7.58. The molecule has 1 unspecified atom stereocenters. The van der Waals surface area contributed by atoms with Crippen LogP contribution in [0.4, 0.5) is 0 Å². The molecule has 8 heteroatoms. The van der Waals surface area contributed by atoms with Crippen LogP contribution in [0.25, 0.3) is 0 Å². The molecule has 3 rings (SSSR count). The molecule has 6 nitrogen and oxygen atoms in total. The van der Waals surface area contributed by atoms with Gasteiger partial charge in [0.05, 0.1) is 12.1 Å². The van der Waals surface area contributed by atoms with Crippen LogP contribution in [0.2, 0.25) is 0 Å². The van der Waals surface area contributed by atoms with Crippen molar-refractivity contribution < 1.29 is 17.9 Å². The van der Waals surface area contributed by atoms with Crippen LogP contribution >= 0.6 is 11.3 Å². The number of sulfonamides is 1. The number of hydrogen-bond donors (Lipinski definition) is 1. The maximum Gasteiger partial charge on any atom is 0.252 e. The van der Waals surface area contributed by atoms with Gasteiger partial charge in [0, 0.05) is 19.0 Å². The van der Waals surface area contributed by atoms with Crippen molar-refractivity contribution in [3.63, 3.8) is 0 Å². The van der Waals surface area contributed by atoms with Gasteiger partial charge in [-0.3, -0.25) is 4.79 Å². The van der Waals surface area contributed by atoms with Gasteiger partial charge < -0.3 is 10.1 Å². The summed E-state index contributed by atoms with van der Waals surface area (Å²) in [5.74, 6) is 0.578. The molecule has 1 fully saturated rings. The highest BCUT2D eigenvalue weighted by Gasteiger charge is 2.32. The number of hydrogen-bond acceptors (Lipinski definition) is 5. The summed E-state index contributed by atoms with van der Waals surface area (Å²) in [6, 6.07) is 10.9. The van der Waals surface area contributed by atoms with E-state index in [1.54, 1.807) is 17.5 Å². The summed E-state index contributed by atoms with van der Waals surface area (Å²) in [7, 11) is -3.44. The molecular formula is C21H28N2O4S2. The Morgan fingerprint density at radius 2 is 1.90 bits per heavy atom. The van der Waals surface area contributed by atoms with Gasteiger partial charge >= 0.3 is 0 Å². The highest BCUT2D eigenvalue weighted by molar-refractivity contribution is 7.91. The fraction of sp³-hybridized carbons (Fsp3) is 0.476. The fourth-order valence-electron chi connectivity index (χ4n) is 3.44. The zero-order valence-corrected chi connectivity index (χ0v) is 18.6. The van der Waals surface area contributed by atoms with Gasteiger partial charge in [-0.2, -0.15) is 4.31 Å². The Balaban J connectivity index is 1.56. The Morgan fingerprint density at radius 3 is 2.52 bits per heavy atom. The lowest BCUT2D eigenvalue weighted by atomic mass is 9.96. The third-order valence-electron chi connectivity index (χ3n) is 5.00. The Morgan fingerprint density at radius 1 is 1.17 bits per heavy atom. The van der Waals surface area contributed by atoms with Crippen LogP contribution in [0.3, 0.4) is 0 Å². The normalized spacial score (nSPS) is 17.2. The highest BCUT2D eigenvalue weighted by atomic mass is 32.2. The van der Waals surface area contributed by atoms with E-state index in [9.17, 15) is 13.2 Å². The number of carbonyl (C=O) groups excluding carboxylic acids is 1. The molecule has 1 N–H and O–H groups in total. The van der Waals surface area contributed by atoms with Gasteiger partial charge in [-0.15, -0.1) is 11.3 Å². The average molecular weight is 437 g/mol. The molecule has 2 aromatic rings. The van der Waals surface area contributed by atoms with E-state index in [0.717, 1.165) is 11.3 Å². The molecule has 0 spiro atoms. The van der Waals surface area contributed by atoms with Gasteiger partial charge in [0.15, 0.2) is 0 Å². The van der Waals surface area contributed by atoms with Crippen LogP contribution in [0.15, 0.2) is 46.0 Å². The van der Waals surface area contributed by atoms with Crippen molar-refractivity contribution in [1.82, 2.24) is 9.62 Å². The highest BCUT2D eigenvalue weighted by Crippen LogP contribution is 2.27. The number of nitrogens with zero attached hydrogens (tertiary/aromatic N) is 1. The minimum atomic E-state index is -3.44. The third-order valence-corrected chi connectivity index (χ3v) is 8.27. The quantitative estimate of drug-likeness (QED) is 0.716. The van der Waals surface area contributed by atoms with Crippen LogP contribution in [-0.4, -0.2) is 37.8 Å². The summed E-state index contributed by atoms with van der Waals surface area (Å²) in [5.41, 5.74) is 0.981. The number of ether oxygens (including phenoxy) is 1. The second kappa shape index (κ2) is 9.28. The second-order valence-corrected chi connectivity index (χ2v) is 10.7. The molecule has 1 aliphatic heterocycles. The van der Waals surface area contributed by atoms with Gasteiger partial charge in [0.25, 0.3) is 10.0 Å². The summed E-state index contributed by atoms with van der Waals surface area (Å²) in [4.78, 5) is 12.7. The number of nitrogens with one attached hydrogen (secondary N) is 1. The summed E-state index contributed by atoms with van der Waals surface area (Å²) in [6.07, 6.45) is 1.14. The van der Waals surface area contributed by atoms with Crippen LogP contribution in [0, 0.1) is 5.92 Å². The van der Waals surface area contributed by atoms with Crippen molar-refractivity contribution in [1.29, 1.82) is 0 Å². The lowest BCUT2D eigenvalue weighted by Gasteiger charge is -2.30. The van der Waals surface area contributed by atoms with Crippen molar-refractivity contribution in [2.45, 2.75) is 50.0 Å². The number of amides is 1. The van der Waals surface area contributed by atoms with Crippen molar-refractivity contribution in [2.24, 2.45) is 5.92 Å². The number of piperidine rings is 1. The zero-order valence-electron chi connectivity index (χ0n) is 17.0. The SMILES string of the molecule is CC(C)Oc1cccc(C(C)NC(=O)C2CCN(S(=O)(=O)c3cccs3)CC2)c1. The summed E-state index contributed by atoms with van der Waals surface area (Å²) in [6.45, 7) is 6.63. The Kier molecular flexibility index (Phi) is 6.97. The maximum atomic E-state index is 12.7. The topological polar surface area (TPSA) is 75.7 Å². The van der Waals surface area contributed by atoms with E-state index in [4.69, 9.17) is 4.74 Å². The molecule has 1 aromatic heterocycles. The first kappa shape index (κ1) is 21.8. The molecular weight excluding hydrogens is 408 g/mol. The van der Waals surface area contributed by atoms with Crippen LogP contribution < -0.4 is 10.1 Å². The van der Waals surface area contributed by atoms with E-state index >= 15 is 0 Å². The van der Waals surface area contributed by atoms with E-state index in [1.165, 1.54) is 15.6 Å². The minimum Gasteiger partial charge on any atom is -0.491 e. The van der Waals surface area contributed by atoms with Gasteiger partial charge in [0.1, 0.15) is 9.96 Å². The average Bonchev–Trinajstić information content (AvgIpc) is 3.23. The summed E-state index contributed by atoms with van der Waals surface area (Å²) >= 11 is 1.22. The predicted molar refractivity (Wildman–Crippen MR) is 115 cm³/mol. The first-order valence-electron chi connectivity index (χ1n) is 9.88. The van der Waals surface area contributed by atoms with E-state index in [2.05, 4.69) is 5.32 Å². The molecule has 1 aromatic carbocycles. The van der Waals surface area contributed by atoms with E-state index in [-0.39, 0.29) is 24.0 Å². The molecule has 1 aliphatic rings. The number of rotatable bonds is 7. The van der Waals surface area contributed by atoms with Crippen molar-refractivity contribution in [3.8, 4) is 5.75 Å². The maximum absolute atomic E-state index is 12.7. The van der Waals surface area contributed by atoms with Gasteiger partial charge in [-0.1, -0.05) is 18.2 Å². The van der Waals surface area contributed by atoms with E-state index in [1.807, 2.05) is 45.0 Å². The van der Waals surface area contributed by atoms with Crippen molar-refractivity contribution in [2.75, 3.05) is 13.1 Å². The molecule has 1 atom stereocenters. The molecule has 0 bridgehead atoms. The number of benzene rings is 1. The fourth-order valence-corrected chi connectivity index (χ4v) is 6.05.